The van der Waals surface area contributed by atoms with E-state index in [9.17, 15) is 61.0 Å². The lowest BCUT2D eigenvalue weighted by Crippen LogP contribution is -2.66. The summed E-state index contributed by atoms with van der Waals surface area (Å²) in [6, 6.07) is -0.970. The first kappa shape index (κ1) is 92.5. The van der Waals surface area contributed by atoms with E-state index in [4.69, 9.17) is 28.4 Å². The third-order valence-corrected chi connectivity index (χ3v) is 21.0. The molecular weight excluding hydrogens is 1270 g/mol. The number of aliphatic hydroxyl groups excluding tert-OH is 11. The molecule has 3 fully saturated rings. The molecule has 17 unspecified atom stereocenters. The minimum absolute atomic E-state index is 0.249. The highest BCUT2D eigenvalue weighted by Crippen LogP contribution is 2.33. The molecule has 3 aliphatic rings. The van der Waals surface area contributed by atoms with E-state index in [1.54, 1.807) is 6.08 Å². The van der Waals surface area contributed by atoms with Gasteiger partial charge in [-0.3, -0.25) is 4.79 Å². The molecule has 0 aromatic carbocycles. The summed E-state index contributed by atoms with van der Waals surface area (Å²) in [6.45, 7) is 1.78. The van der Waals surface area contributed by atoms with Crippen LogP contribution < -0.4 is 5.32 Å². The van der Waals surface area contributed by atoms with Gasteiger partial charge in [0.15, 0.2) is 18.9 Å². The Bertz CT molecular complexity index is 1900. The minimum Gasteiger partial charge on any atom is -0.394 e. The van der Waals surface area contributed by atoms with Crippen LogP contribution in [0.2, 0.25) is 0 Å². The Labute approximate surface area is 607 Å². The number of allylic oxidation sites excluding steroid dienone is 3. The lowest BCUT2D eigenvalue weighted by molar-refractivity contribution is -0.379. The fraction of sp³-hybridized carbons (Fsp3) is 0.938. The number of hydrogen-bond acceptors (Lipinski definition) is 18. The van der Waals surface area contributed by atoms with Gasteiger partial charge in [-0.1, -0.05) is 327 Å². The van der Waals surface area contributed by atoms with Crippen molar-refractivity contribution < 1.29 is 89.4 Å². The molecule has 19 nitrogen and oxygen atoms in total. The summed E-state index contributed by atoms with van der Waals surface area (Å²) in [4.78, 5) is 13.5. The van der Waals surface area contributed by atoms with Gasteiger partial charge < -0.3 is 89.9 Å². The van der Waals surface area contributed by atoms with Crippen molar-refractivity contribution in [3.05, 3.63) is 24.3 Å². The number of amides is 1. The van der Waals surface area contributed by atoms with E-state index in [2.05, 4.69) is 31.3 Å². The number of aliphatic hydroxyl groups is 11. The lowest BCUT2D eigenvalue weighted by Gasteiger charge is -2.48. The number of unbranched alkanes of at least 4 members (excludes halogenated alkanes) is 49. The second-order valence-corrected chi connectivity index (χ2v) is 29.9. The molecule has 0 aliphatic carbocycles. The normalized spacial score (nSPS) is 26.5. The molecule has 3 rings (SSSR count). The number of nitrogens with one attached hydrogen (secondary N) is 1. The van der Waals surface area contributed by atoms with E-state index in [1.165, 1.54) is 283 Å². The average molecular weight is 1430 g/mol. The zero-order chi connectivity index (χ0) is 72.5. The molecule has 100 heavy (non-hydrogen) atoms. The van der Waals surface area contributed by atoms with Crippen LogP contribution in [0.3, 0.4) is 0 Å². The van der Waals surface area contributed by atoms with Gasteiger partial charge in [0, 0.05) is 6.42 Å². The van der Waals surface area contributed by atoms with Crippen molar-refractivity contribution in [2.45, 2.75) is 458 Å². The largest absolute Gasteiger partial charge is 0.394 e. The number of carbonyl (C=O) groups excluding carboxylic acids is 1. The van der Waals surface area contributed by atoms with Crippen LogP contribution in [0.25, 0.3) is 0 Å². The Kier molecular flexibility index (Phi) is 57.6. The second kappa shape index (κ2) is 62.3. The van der Waals surface area contributed by atoms with Gasteiger partial charge in [0.25, 0.3) is 0 Å². The Morgan fingerprint density at radius 2 is 0.630 bits per heavy atom. The molecule has 3 aliphatic heterocycles. The third-order valence-electron chi connectivity index (χ3n) is 21.0. The van der Waals surface area contributed by atoms with Crippen LogP contribution >= 0.6 is 0 Å². The van der Waals surface area contributed by atoms with Crippen molar-refractivity contribution in [1.82, 2.24) is 5.32 Å². The Balaban J connectivity index is 1.29. The maximum Gasteiger partial charge on any atom is 0.220 e. The quantitative estimate of drug-likeness (QED) is 0.0199. The van der Waals surface area contributed by atoms with E-state index in [-0.39, 0.29) is 18.9 Å². The summed E-state index contributed by atoms with van der Waals surface area (Å²) >= 11 is 0. The number of ether oxygens (including phenoxy) is 6. The summed E-state index contributed by atoms with van der Waals surface area (Å²) in [5.41, 5.74) is 0. The smallest absolute Gasteiger partial charge is 0.220 e. The van der Waals surface area contributed by atoms with Crippen molar-refractivity contribution in [2.24, 2.45) is 0 Å². The molecule has 0 aromatic heterocycles. The molecular formula is C81H153NO18. The van der Waals surface area contributed by atoms with Crippen molar-refractivity contribution in [3.63, 3.8) is 0 Å². The van der Waals surface area contributed by atoms with Crippen LogP contribution in [0.4, 0.5) is 0 Å². The topological polar surface area (TPSA) is 307 Å². The summed E-state index contributed by atoms with van der Waals surface area (Å²) in [6.07, 6.45) is 49.1. The Morgan fingerprint density at radius 3 is 0.970 bits per heavy atom. The lowest BCUT2D eigenvalue weighted by atomic mass is 9.96. The van der Waals surface area contributed by atoms with Crippen LogP contribution in [0, 0.1) is 0 Å². The number of hydrogen-bond donors (Lipinski definition) is 12. The van der Waals surface area contributed by atoms with E-state index >= 15 is 0 Å². The maximum absolute atomic E-state index is 13.5. The molecule has 3 heterocycles. The summed E-state index contributed by atoms with van der Waals surface area (Å²) in [5.74, 6) is -0.268. The van der Waals surface area contributed by atoms with Crippen LogP contribution in [0.5, 0.6) is 0 Å². The molecule has 0 saturated carbocycles. The standard InChI is InChI=1S/C81H153NO18/c1-3-5-7-9-11-13-15-17-19-21-22-23-24-25-26-27-28-29-30-31-32-33-34-35-36-37-38-39-40-41-42-43-45-47-49-51-53-55-57-59-69(87)82-64(65(86)58-56-54-52-50-48-46-44-20-18-16-14-12-10-8-6-4-2)63-95-79-75(93)72(90)77(67(61-84)97-79)100-81-76(94)73(91)78(68(62-85)98-81)99-80-74(92)71(89)70(88)66(60-83)96-80/h21-22,56,58,64-68,70-81,83-86,88-94H,3-20,23-55,57,59-63H2,1-2H3,(H,82,87)/b22-21-,58-56+. The van der Waals surface area contributed by atoms with Gasteiger partial charge in [0.1, 0.15) is 73.2 Å². The molecule has 590 valence electrons. The molecule has 12 N–H and O–H groups in total. The number of carbonyl (C=O) groups is 1. The van der Waals surface area contributed by atoms with Gasteiger partial charge in [-0.15, -0.1) is 0 Å². The van der Waals surface area contributed by atoms with Crippen molar-refractivity contribution in [2.75, 3.05) is 26.4 Å². The van der Waals surface area contributed by atoms with Gasteiger partial charge in [-0.25, -0.2) is 0 Å². The first-order valence-corrected chi connectivity index (χ1v) is 41.6. The fourth-order valence-electron chi connectivity index (χ4n) is 14.3. The minimum atomic E-state index is -1.98. The van der Waals surface area contributed by atoms with Crippen LogP contribution in [0.1, 0.15) is 354 Å². The van der Waals surface area contributed by atoms with Crippen LogP contribution in [-0.2, 0) is 33.2 Å². The Morgan fingerprint density at radius 1 is 0.350 bits per heavy atom. The average Bonchev–Trinajstić information content (AvgIpc) is 0.784. The van der Waals surface area contributed by atoms with Gasteiger partial charge >= 0.3 is 0 Å². The first-order chi connectivity index (χ1) is 48.8. The third kappa shape index (κ3) is 42.0. The van der Waals surface area contributed by atoms with Crippen molar-refractivity contribution in [1.29, 1.82) is 0 Å². The van der Waals surface area contributed by atoms with Crippen molar-refractivity contribution in [3.8, 4) is 0 Å². The molecule has 1 amide bonds. The van der Waals surface area contributed by atoms with Gasteiger partial charge in [0.05, 0.1) is 38.6 Å². The van der Waals surface area contributed by atoms with Crippen molar-refractivity contribution >= 4 is 5.91 Å². The van der Waals surface area contributed by atoms with Crippen LogP contribution in [-0.4, -0.2) is 193 Å². The second-order valence-electron chi connectivity index (χ2n) is 29.9. The first-order valence-electron chi connectivity index (χ1n) is 41.6. The maximum atomic E-state index is 13.5. The van der Waals surface area contributed by atoms with Gasteiger partial charge in [-0.05, 0) is 44.9 Å². The molecule has 0 aromatic rings. The molecule has 3 saturated heterocycles. The summed E-state index contributed by atoms with van der Waals surface area (Å²) in [5, 5.41) is 121. The number of rotatable bonds is 67. The molecule has 19 heteroatoms. The predicted octanol–water partition coefficient (Wildman–Crippen LogP) is 14.1. The zero-order valence-corrected chi connectivity index (χ0v) is 63.2. The highest BCUT2D eigenvalue weighted by atomic mass is 16.8. The van der Waals surface area contributed by atoms with E-state index in [1.807, 2.05) is 6.08 Å². The Hall–Kier alpha value is -1.73. The zero-order valence-electron chi connectivity index (χ0n) is 63.2. The van der Waals surface area contributed by atoms with Crippen LogP contribution in [0.15, 0.2) is 24.3 Å². The van der Waals surface area contributed by atoms with Gasteiger partial charge in [0.2, 0.25) is 5.91 Å². The molecule has 17 atom stereocenters. The van der Waals surface area contributed by atoms with Gasteiger partial charge in [-0.2, -0.15) is 0 Å². The summed E-state index contributed by atoms with van der Waals surface area (Å²) < 4.78 is 34.4. The predicted molar refractivity (Wildman–Crippen MR) is 397 cm³/mol. The molecule has 0 bridgehead atoms. The monoisotopic (exact) mass is 1430 g/mol. The summed E-state index contributed by atoms with van der Waals surface area (Å²) in [7, 11) is 0. The molecule has 0 spiro atoms. The van der Waals surface area contributed by atoms with E-state index in [0.29, 0.717) is 6.42 Å². The highest BCUT2D eigenvalue weighted by Gasteiger charge is 2.54. The SMILES string of the molecule is CCCCCCCCCC/C=C\CCCCCCCCCCCCCCCCCCCCCCCCCCCCCC(=O)NC(COC1OC(CO)C(OC2OC(CO)C(OC3OC(CO)C(O)C(O)C3O)C(O)C2O)C(O)C1O)C(O)/C=C/CCCCCCCCCCCCCCCC. The van der Waals surface area contributed by atoms with E-state index in [0.717, 1.165) is 44.9 Å². The molecule has 0 radical (unpaired) electrons. The fourth-order valence-corrected chi connectivity index (χ4v) is 14.3. The highest BCUT2D eigenvalue weighted by molar-refractivity contribution is 5.76. The van der Waals surface area contributed by atoms with E-state index < -0.39 is 124 Å².